The molecule has 9 nitrogen and oxygen atoms in total. The molecule has 0 saturated heterocycles. The highest BCUT2D eigenvalue weighted by molar-refractivity contribution is 7.91. The van der Waals surface area contributed by atoms with Crippen molar-refractivity contribution >= 4 is 55.2 Å². The van der Waals surface area contributed by atoms with E-state index in [4.69, 9.17) is 16.3 Å². The molecule has 3 heterocycles. The van der Waals surface area contributed by atoms with Crippen LogP contribution in [0.15, 0.2) is 66.4 Å². The molecular formula is C29H28ClFN6O3S2. The number of nitrogens with one attached hydrogen (secondary N) is 2. The van der Waals surface area contributed by atoms with Crippen molar-refractivity contribution in [3.63, 3.8) is 0 Å². The van der Waals surface area contributed by atoms with E-state index in [9.17, 15) is 12.8 Å². The molecule has 5 rings (SSSR count). The van der Waals surface area contributed by atoms with Gasteiger partial charge < -0.3 is 15.4 Å². The van der Waals surface area contributed by atoms with Crippen molar-refractivity contribution in [2.75, 3.05) is 23.4 Å². The first-order valence-corrected chi connectivity index (χ1v) is 16.3. The number of fused-ring (bicyclic) bond motifs is 1. The summed E-state index contributed by atoms with van der Waals surface area (Å²) in [6.45, 7) is 2.89. The van der Waals surface area contributed by atoms with Gasteiger partial charge in [0, 0.05) is 35.3 Å². The van der Waals surface area contributed by atoms with Gasteiger partial charge in [0.2, 0.25) is 0 Å². The summed E-state index contributed by atoms with van der Waals surface area (Å²) in [6.07, 6.45) is 3.74. The second-order valence-electron chi connectivity index (χ2n) is 9.45. The Bertz CT molecular complexity index is 1800. The van der Waals surface area contributed by atoms with Crippen LogP contribution in [0.2, 0.25) is 5.02 Å². The van der Waals surface area contributed by atoms with E-state index in [1.165, 1.54) is 29.8 Å². The van der Waals surface area contributed by atoms with E-state index < -0.39 is 9.84 Å². The van der Waals surface area contributed by atoms with Gasteiger partial charge in [-0.05, 0) is 48.4 Å². The van der Waals surface area contributed by atoms with Crippen LogP contribution >= 0.6 is 22.9 Å². The molecule has 0 unspecified atom stereocenters. The number of hydrogen-bond donors (Lipinski definition) is 2. The molecule has 3 aromatic heterocycles. The van der Waals surface area contributed by atoms with E-state index in [0.29, 0.717) is 64.3 Å². The number of aromatic nitrogens is 4. The quantitative estimate of drug-likeness (QED) is 0.148. The summed E-state index contributed by atoms with van der Waals surface area (Å²) in [7, 11) is -3.02. The van der Waals surface area contributed by atoms with E-state index in [2.05, 4.69) is 30.6 Å². The monoisotopic (exact) mass is 626 g/mol. The molecule has 0 amide bonds. The molecule has 0 aliphatic rings. The Balaban J connectivity index is 1.26. The van der Waals surface area contributed by atoms with Gasteiger partial charge in [-0.15, -0.1) is 11.3 Å². The Morgan fingerprint density at radius 3 is 2.74 bits per heavy atom. The summed E-state index contributed by atoms with van der Waals surface area (Å²) in [5.41, 5.74) is 3.41. The lowest BCUT2D eigenvalue weighted by atomic mass is 10.2. The number of ether oxygens (including phenoxy) is 1. The van der Waals surface area contributed by atoms with Gasteiger partial charge in [-0.1, -0.05) is 30.7 Å². The second-order valence-corrected chi connectivity index (χ2v) is 13.1. The van der Waals surface area contributed by atoms with Crippen LogP contribution in [0.25, 0.3) is 22.3 Å². The third-order valence-electron chi connectivity index (χ3n) is 6.20. The normalized spacial score (nSPS) is 11.6. The van der Waals surface area contributed by atoms with Gasteiger partial charge in [-0.3, -0.25) is 4.98 Å². The summed E-state index contributed by atoms with van der Waals surface area (Å²) in [5.74, 6) is 1.03. The maximum absolute atomic E-state index is 13.4. The van der Waals surface area contributed by atoms with Crippen molar-refractivity contribution < 1.29 is 17.5 Å². The van der Waals surface area contributed by atoms with Crippen molar-refractivity contribution in [1.82, 2.24) is 25.3 Å². The molecule has 0 fully saturated rings. The number of benzene rings is 2. The molecule has 2 aromatic carbocycles. The average Bonchev–Trinajstić information content (AvgIpc) is 3.44. The third kappa shape index (κ3) is 7.77. The van der Waals surface area contributed by atoms with Crippen molar-refractivity contribution in [2.45, 2.75) is 26.5 Å². The van der Waals surface area contributed by atoms with Crippen molar-refractivity contribution in [3.8, 4) is 17.1 Å². The summed E-state index contributed by atoms with van der Waals surface area (Å²) in [4.78, 5) is 18.0. The van der Waals surface area contributed by atoms with Crippen LogP contribution in [-0.4, -0.2) is 46.4 Å². The topological polar surface area (TPSA) is 119 Å². The second kappa shape index (κ2) is 13.5. The van der Waals surface area contributed by atoms with E-state index in [1.807, 2.05) is 24.4 Å². The van der Waals surface area contributed by atoms with E-state index >= 15 is 0 Å². The maximum atomic E-state index is 13.4. The molecule has 0 aliphatic carbocycles. The minimum absolute atomic E-state index is 0.108. The van der Waals surface area contributed by atoms with E-state index in [0.717, 1.165) is 10.4 Å². The number of pyridine rings is 1. The summed E-state index contributed by atoms with van der Waals surface area (Å²) < 4.78 is 43.0. The number of nitrogens with zero attached hydrogens (tertiary/aromatic N) is 4. The minimum atomic E-state index is -3.02. The van der Waals surface area contributed by atoms with Gasteiger partial charge in [0.25, 0.3) is 0 Å². The first-order chi connectivity index (χ1) is 20.3. The lowest BCUT2D eigenvalue weighted by molar-refractivity contribution is 0.306. The van der Waals surface area contributed by atoms with Crippen LogP contribution in [0, 0.1) is 5.82 Å². The number of sulfone groups is 1. The Hall–Kier alpha value is -3.71. The molecule has 0 radical (unpaired) electrons. The predicted octanol–water partition coefficient (Wildman–Crippen LogP) is 6.18. The van der Waals surface area contributed by atoms with Crippen molar-refractivity contribution in [1.29, 1.82) is 0 Å². The van der Waals surface area contributed by atoms with Crippen LogP contribution in [0.5, 0.6) is 5.75 Å². The lowest BCUT2D eigenvalue weighted by Gasteiger charge is -2.12. The van der Waals surface area contributed by atoms with Gasteiger partial charge in [-0.25, -0.2) is 27.8 Å². The Morgan fingerprint density at radius 1 is 1.05 bits per heavy atom. The summed E-state index contributed by atoms with van der Waals surface area (Å²) >= 11 is 7.95. The van der Waals surface area contributed by atoms with Crippen LogP contribution in [0.3, 0.4) is 0 Å². The number of hydrogen-bond acceptors (Lipinski definition) is 10. The molecule has 5 aromatic rings. The molecular weight excluding hydrogens is 599 g/mol. The largest absolute Gasteiger partial charge is 0.487 e. The number of halogens is 2. The predicted molar refractivity (Wildman–Crippen MR) is 165 cm³/mol. The summed E-state index contributed by atoms with van der Waals surface area (Å²) in [6, 6.07) is 13.4. The fourth-order valence-electron chi connectivity index (χ4n) is 4.16. The molecule has 2 N–H and O–H groups in total. The number of rotatable bonds is 13. The molecule has 0 atom stereocenters. The van der Waals surface area contributed by atoms with Crippen molar-refractivity contribution in [3.05, 3.63) is 87.8 Å². The molecule has 0 saturated carbocycles. The lowest BCUT2D eigenvalue weighted by Crippen LogP contribution is -2.24. The molecule has 0 aliphatic heterocycles. The first kappa shape index (κ1) is 29.8. The minimum Gasteiger partial charge on any atom is -0.487 e. The van der Waals surface area contributed by atoms with Crippen molar-refractivity contribution in [2.24, 2.45) is 0 Å². The van der Waals surface area contributed by atoms with Crippen LogP contribution < -0.4 is 15.4 Å². The standard InChI is InChI=1S/C29H28ClFN6O3S2/c1-2-9-42(38,39)10-8-32-15-28-37-26(17-41-28)24-13-22-25(14-33-24)34-18-35-29(22)36-21-6-7-27(23(30)12-21)40-16-19-4-3-5-20(31)11-19/h3-7,11-14,17-18,32H,2,8-10,15-16H2,1H3,(H,34,35,36). The van der Waals surface area contributed by atoms with Crippen LogP contribution in [0.1, 0.15) is 23.9 Å². The fraction of sp³-hybridized carbons (Fsp3) is 0.241. The Morgan fingerprint density at radius 2 is 1.93 bits per heavy atom. The zero-order valence-electron chi connectivity index (χ0n) is 22.7. The number of anilines is 2. The SMILES string of the molecule is CCCS(=O)(=O)CCNCc1nc(-c2cc3c(Nc4ccc(OCc5cccc(F)c5)c(Cl)c4)ncnc3cn2)cs1. The van der Waals surface area contributed by atoms with Gasteiger partial charge >= 0.3 is 0 Å². The van der Waals surface area contributed by atoms with Gasteiger partial charge in [-0.2, -0.15) is 0 Å². The zero-order chi connectivity index (χ0) is 29.5. The van der Waals surface area contributed by atoms with E-state index in [1.54, 1.807) is 30.5 Å². The summed E-state index contributed by atoms with van der Waals surface area (Å²) in [5, 5.41) is 10.3. The third-order valence-corrected chi connectivity index (χ3v) is 9.20. The molecule has 42 heavy (non-hydrogen) atoms. The zero-order valence-corrected chi connectivity index (χ0v) is 25.1. The van der Waals surface area contributed by atoms with Gasteiger partial charge in [0.05, 0.1) is 33.9 Å². The van der Waals surface area contributed by atoms with Crippen LogP contribution in [-0.2, 0) is 23.0 Å². The molecule has 0 spiro atoms. The maximum Gasteiger partial charge on any atom is 0.151 e. The highest BCUT2D eigenvalue weighted by atomic mass is 35.5. The van der Waals surface area contributed by atoms with E-state index in [-0.39, 0.29) is 23.9 Å². The fourth-order valence-corrected chi connectivity index (χ4v) is 6.44. The first-order valence-electron chi connectivity index (χ1n) is 13.2. The molecule has 0 bridgehead atoms. The smallest absolute Gasteiger partial charge is 0.151 e. The molecule has 13 heteroatoms. The average molecular weight is 627 g/mol. The number of thiazole rings is 1. The Labute approximate surface area is 252 Å². The van der Waals surface area contributed by atoms with Crippen LogP contribution in [0.4, 0.5) is 15.9 Å². The van der Waals surface area contributed by atoms with Gasteiger partial charge in [0.1, 0.15) is 35.3 Å². The highest BCUT2D eigenvalue weighted by Gasteiger charge is 2.13. The van der Waals surface area contributed by atoms with Gasteiger partial charge in [0.15, 0.2) is 9.84 Å². The molecule has 218 valence electrons. The highest BCUT2D eigenvalue weighted by Crippen LogP contribution is 2.32. The Kier molecular flexibility index (Phi) is 9.58.